The third kappa shape index (κ3) is 5.77. The predicted octanol–water partition coefficient (Wildman–Crippen LogP) is 3.93. The molecule has 1 amide bonds. The summed E-state index contributed by atoms with van der Waals surface area (Å²) in [7, 11) is 0. The van der Waals surface area contributed by atoms with Crippen LogP contribution in [-0.2, 0) is 27.1 Å². The minimum Gasteiger partial charge on any atom is -0.456 e. The Kier molecular flexibility index (Phi) is 6.16. The molecule has 7 heteroatoms. The van der Waals surface area contributed by atoms with Crippen molar-refractivity contribution >= 4 is 18.0 Å². The van der Waals surface area contributed by atoms with Crippen molar-refractivity contribution in [3.8, 4) is 0 Å². The Balaban J connectivity index is 2.13. The number of rotatable bonds is 5. The summed E-state index contributed by atoms with van der Waals surface area (Å²) in [5.74, 6) is -1.32. The molecule has 0 aromatic heterocycles. The van der Waals surface area contributed by atoms with Gasteiger partial charge in [0.1, 0.15) is 12.3 Å². The van der Waals surface area contributed by atoms with Crippen LogP contribution in [-0.4, -0.2) is 11.9 Å². The van der Waals surface area contributed by atoms with Gasteiger partial charge in [-0.3, -0.25) is 4.79 Å². The van der Waals surface area contributed by atoms with Crippen LogP contribution in [0.15, 0.2) is 60.3 Å². The molecule has 26 heavy (non-hydrogen) atoms. The van der Waals surface area contributed by atoms with Gasteiger partial charge < -0.3 is 10.1 Å². The molecule has 1 N–H and O–H groups in total. The molecule has 0 radical (unpaired) electrons. The van der Waals surface area contributed by atoms with E-state index in [0.717, 1.165) is 12.1 Å². The Morgan fingerprint density at radius 3 is 2.38 bits per heavy atom. The lowest BCUT2D eigenvalue weighted by atomic mass is 10.1. The van der Waals surface area contributed by atoms with Gasteiger partial charge in [0.2, 0.25) is 5.91 Å². The average molecular weight is 363 g/mol. The zero-order valence-electron chi connectivity index (χ0n) is 13.8. The van der Waals surface area contributed by atoms with Crippen LogP contribution >= 0.6 is 0 Å². The number of nitrogens with one attached hydrogen (secondary N) is 1. The van der Waals surface area contributed by atoms with Crippen molar-refractivity contribution in [1.29, 1.82) is 0 Å². The van der Waals surface area contributed by atoms with Gasteiger partial charge in [0.25, 0.3) is 0 Å². The largest absolute Gasteiger partial charge is 0.456 e. The van der Waals surface area contributed by atoms with Gasteiger partial charge >= 0.3 is 12.1 Å². The standard InChI is InChI=1S/C19H16F3NO3/c1-13(24)23-17(11-14-6-3-2-4-7-14)18(25)26-12-15-8-5-9-16(10-15)19(20,21)22/h2-11H,12H2,1H3,(H,23,24)/b17-11+. The lowest BCUT2D eigenvalue weighted by Crippen LogP contribution is -2.26. The summed E-state index contributed by atoms with van der Waals surface area (Å²) in [4.78, 5) is 23.5. The Bertz CT molecular complexity index is 814. The monoisotopic (exact) mass is 363 g/mol. The summed E-state index contributed by atoms with van der Waals surface area (Å²) < 4.78 is 43.2. The maximum atomic E-state index is 12.7. The maximum absolute atomic E-state index is 12.7. The highest BCUT2D eigenvalue weighted by atomic mass is 19.4. The highest BCUT2D eigenvalue weighted by molar-refractivity contribution is 5.97. The van der Waals surface area contributed by atoms with Crippen LogP contribution in [0.25, 0.3) is 6.08 Å². The van der Waals surface area contributed by atoms with E-state index in [0.29, 0.717) is 5.56 Å². The van der Waals surface area contributed by atoms with Gasteiger partial charge in [-0.05, 0) is 29.3 Å². The van der Waals surface area contributed by atoms with Gasteiger partial charge in [-0.25, -0.2) is 4.79 Å². The second kappa shape index (κ2) is 8.33. The summed E-state index contributed by atoms with van der Waals surface area (Å²) in [6.07, 6.45) is -3.05. The number of benzene rings is 2. The van der Waals surface area contributed by atoms with Crippen LogP contribution in [0.2, 0.25) is 0 Å². The van der Waals surface area contributed by atoms with Crippen LogP contribution in [0.4, 0.5) is 13.2 Å². The molecule has 4 nitrogen and oxygen atoms in total. The quantitative estimate of drug-likeness (QED) is 0.647. The summed E-state index contributed by atoms with van der Waals surface area (Å²) in [5, 5.41) is 2.37. The molecule has 0 aliphatic heterocycles. The first-order valence-corrected chi connectivity index (χ1v) is 7.63. The van der Waals surface area contributed by atoms with Gasteiger partial charge in [0.15, 0.2) is 0 Å². The lowest BCUT2D eigenvalue weighted by molar-refractivity contribution is -0.141. The van der Waals surface area contributed by atoms with Gasteiger partial charge in [0, 0.05) is 6.92 Å². The van der Waals surface area contributed by atoms with Crippen molar-refractivity contribution in [3.63, 3.8) is 0 Å². The number of ether oxygens (including phenoxy) is 1. The minimum atomic E-state index is -4.48. The fourth-order valence-corrected chi connectivity index (χ4v) is 2.12. The number of hydrogen-bond acceptors (Lipinski definition) is 3. The van der Waals surface area contributed by atoms with Gasteiger partial charge in [-0.2, -0.15) is 13.2 Å². The van der Waals surface area contributed by atoms with E-state index in [9.17, 15) is 22.8 Å². The Labute approximate surface area is 148 Å². The van der Waals surface area contributed by atoms with Crippen LogP contribution in [0.1, 0.15) is 23.6 Å². The highest BCUT2D eigenvalue weighted by Gasteiger charge is 2.30. The molecule has 0 atom stereocenters. The molecule has 0 spiro atoms. The molecule has 0 aliphatic rings. The molecule has 0 fully saturated rings. The van der Waals surface area contributed by atoms with Crippen molar-refractivity contribution < 1.29 is 27.5 Å². The normalized spacial score (nSPS) is 11.8. The average Bonchev–Trinajstić information content (AvgIpc) is 2.59. The van der Waals surface area contributed by atoms with Crippen LogP contribution < -0.4 is 5.32 Å². The predicted molar refractivity (Wildman–Crippen MR) is 89.5 cm³/mol. The van der Waals surface area contributed by atoms with Crippen LogP contribution in [0.3, 0.4) is 0 Å². The molecule has 136 valence electrons. The molecule has 0 saturated carbocycles. The van der Waals surface area contributed by atoms with E-state index in [4.69, 9.17) is 4.74 Å². The molecular weight excluding hydrogens is 347 g/mol. The first kappa shape index (κ1) is 19.2. The first-order chi connectivity index (χ1) is 12.3. The number of esters is 1. The summed E-state index contributed by atoms with van der Waals surface area (Å²) in [6.45, 7) is 0.882. The fraction of sp³-hybridized carbons (Fsp3) is 0.158. The topological polar surface area (TPSA) is 55.4 Å². The number of carbonyl (C=O) groups is 2. The third-order valence-corrected chi connectivity index (χ3v) is 3.27. The molecule has 0 aliphatic carbocycles. The second-order valence-corrected chi connectivity index (χ2v) is 5.42. The molecule has 0 bridgehead atoms. The van der Waals surface area contributed by atoms with Crippen molar-refractivity contribution in [2.24, 2.45) is 0 Å². The van der Waals surface area contributed by atoms with Crippen LogP contribution in [0, 0.1) is 0 Å². The summed E-state index contributed by atoms with van der Waals surface area (Å²) in [6, 6.07) is 13.2. The smallest absolute Gasteiger partial charge is 0.416 e. The van der Waals surface area contributed by atoms with E-state index >= 15 is 0 Å². The highest BCUT2D eigenvalue weighted by Crippen LogP contribution is 2.29. The van der Waals surface area contributed by atoms with Gasteiger partial charge in [-0.1, -0.05) is 42.5 Å². The van der Waals surface area contributed by atoms with Crippen molar-refractivity contribution in [2.75, 3.05) is 0 Å². The Morgan fingerprint density at radius 2 is 1.77 bits per heavy atom. The summed E-state index contributed by atoms with van der Waals surface area (Å²) in [5.41, 5.74) is -0.0778. The Hall–Kier alpha value is -3.09. The molecule has 0 unspecified atom stereocenters. The number of carbonyl (C=O) groups excluding carboxylic acids is 2. The van der Waals surface area contributed by atoms with Crippen LogP contribution in [0.5, 0.6) is 0 Å². The van der Waals surface area contributed by atoms with Crippen molar-refractivity contribution in [2.45, 2.75) is 19.7 Å². The minimum absolute atomic E-state index is 0.101. The van der Waals surface area contributed by atoms with E-state index in [2.05, 4.69) is 5.32 Å². The molecule has 2 aromatic carbocycles. The van der Waals surface area contributed by atoms with Crippen molar-refractivity contribution in [1.82, 2.24) is 5.32 Å². The number of hydrogen-bond donors (Lipinski definition) is 1. The second-order valence-electron chi connectivity index (χ2n) is 5.42. The lowest BCUT2D eigenvalue weighted by Gasteiger charge is -2.11. The fourth-order valence-electron chi connectivity index (χ4n) is 2.12. The summed E-state index contributed by atoms with van der Waals surface area (Å²) >= 11 is 0. The zero-order valence-corrected chi connectivity index (χ0v) is 13.8. The van der Waals surface area contributed by atoms with E-state index in [1.165, 1.54) is 25.1 Å². The molecular formula is C19H16F3NO3. The van der Waals surface area contributed by atoms with E-state index < -0.39 is 23.6 Å². The molecule has 2 aromatic rings. The van der Waals surface area contributed by atoms with E-state index in [1.807, 2.05) is 0 Å². The third-order valence-electron chi connectivity index (χ3n) is 3.27. The molecule has 2 rings (SSSR count). The van der Waals surface area contributed by atoms with Gasteiger partial charge in [0.05, 0.1) is 5.56 Å². The Morgan fingerprint density at radius 1 is 1.08 bits per heavy atom. The molecule has 0 saturated heterocycles. The zero-order chi connectivity index (χ0) is 19.2. The van der Waals surface area contributed by atoms with E-state index in [-0.39, 0.29) is 17.9 Å². The van der Waals surface area contributed by atoms with Crippen molar-refractivity contribution in [3.05, 3.63) is 77.0 Å². The SMILES string of the molecule is CC(=O)N/C(=C/c1ccccc1)C(=O)OCc1cccc(C(F)(F)F)c1. The number of amides is 1. The van der Waals surface area contributed by atoms with E-state index in [1.54, 1.807) is 30.3 Å². The maximum Gasteiger partial charge on any atom is 0.416 e. The number of halogens is 3. The molecule has 0 heterocycles. The number of alkyl halides is 3. The van der Waals surface area contributed by atoms with Gasteiger partial charge in [-0.15, -0.1) is 0 Å². The first-order valence-electron chi connectivity index (χ1n) is 7.63.